The predicted octanol–water partition coefficient (Wildman–Crippen LogP) is 1.60. The molecule has 92 valence electrons. The monoisotopic (exact) mass is 235 g/mol. The Bertz CT molecular complexity index is 430. The Labute approximate surface area is 100 Å². The van der Waals surface area contributed by atoms with Gasteiger partial charge in [-0.25, -0.2) is 9.78 Å². The van der Waals surface area contributed by atoms with Crippen LogP contribution in [0.4, 0.5) is 11.5 Å². The van der Waals surface area contributed by atoms with Crippen LogP contribution in [0, 0.1) is 5.92 Å². The van der Waals surface area contributed by atoms with Crippen LogP contribution < -0.4 is 10.6 Å². The van der Waals surface area contributed by atoms with Crippen molar-refractivity contribution in [2.24, 2.45) is 5.92 Å². The van der Waals surface area contributed by atoms with Gasteiger partial charge >= 0.3 is 5.97 Å². The number of nitrogens with zero attached hydrogens (tertiary/aromatic N) is 2. The zero-order valence-electron chi connectivity index (χ0n) is 9.89. The van der Waals surface area contributed by atoms with E-state index >= 15 is 0 Å². The first-order valence-electron chi connectivity index (χ1n) is 5.79. The normalized spacial score (nSPS) is 15.4. The maximum absolute atomic E-state index is 10.9. The lowest BCUT2D eigenvalue weighted by Gasteiger charge is -2.31. The Morgan fingerprint density at radius 2 is 2.29 bits per heavy atom. The largest absolute Gasteiger partial charge is 0.477 e. The fourth-order valence-electron chi connectivity index (χ4n) is 2.03. The second-order valence-corrected chi connectivity index (χ2v) is 4.59. The van der Waals surface area contributed by atoms with Crippen LogP contribution in [0.15, 0.2) is 12.1 Å². The number of aromatic carboxylic acids is 1. The van der Waals surface area contributed by atoms with E-state index in [1.807, 2.05) is 11.9 Å². The lowest BCUT2D eigenvalue weighted by atomic mass is 9.85. The van der Waals surface area contributed by atoms with Crippen LogP contribution in [-0.4, -0.2) is 29.7 Å². The van der Waals surface area contributed by atoms with Crippen LogP contribution in [0.2, 0.25) is 0 Å². The summed E-state index contributed by atoms with van der Waals surface area (Å²) in [6, 6.07) is 3.03. The molecule has 0 aromatic carbocycles. The van der Waals surface area contributed by atoms with Gasteiger partial charge in [-0.05, 0) is 30.9 Å². The molecule has 3 N–H and O–H groups in total. The van der Waals surface area contributed by atoms with Crippen LogP contribution in [-0.2, 0) is 0 Å². The Balaban J connectivity index is 2.16. The molecular weight excluding hydrogens is 218 g/mol. The second-order valence-electron chi connectivity index (χ2n) is 4.59. The summed E-state index contributed by atoms with van der Waals surface area (Å²) in [7, 11) is 1.91. The zero-order chi connectivity index (χ0) is 12.4. The maximum Gasteiger partial charge on any atom is 0.354 e. The van der Waals surface area contributed by atoms with Crippen molar-refractivity contribution in [3.63, 3.8) is 0 Å². The first kappa shape index (κ1) is 11.7. The minimum absolute atomic E-state index is 0.0367. The van der Waals surface area contributed by atoms with Gasteiger partial charge < -0.3 is 15.7 Å². The van der Waals surface area contributed by atoms with Gasteiger partial charge in [-0.2, -0.15) is 0 Å². The predicted molar refractivity (Wildman–Crippen MR) is 66.2 cm³/mol. The summed E-state index contributed by atoms with van der Waals surface area (Å²) in [5, 5.41) is 8.90. The fourth-order valence-corrected chi connectivity index (χ4v) is 2.03. The molecule has 1 aliphatic rings. The van der Waals surface area contributed by atoms with E-state index in [9.17, 15) is 4.79 Å². The van der Waals surface area contributed by atoms with Crippen LogP contribution in [0.5, 0.6) is 0 Å². The molecule has 1 aromatic rings. The number of hydrogen-bond acceptors (Lipinski definition) is 4. The fraction of sp³-hybridized carbons (Fsp3) is 0.500. The van der Waals surface area contributed by atoms with Gasteiger partial charge in [0.15, 0.2) is 11.5 Å². The number of rotatable bonds is 4. The number of nitrogen functional groups attached to an aromatic ring is 1. The highest BCUT2D eigenvalue weighted by Crippen LogP contribution is 2.29. The summed E-state index contributed by atoms with van der Waals surface area (Å²) >= 11 is 0. The van der Waals surface area contributed by atoms with Gasteiger partial charge in [0.1, 0.15) is 0 Å². The van der Waals surface area contributed by atoms with Gasteiger partial charge in [0, 0.05) is 13.6 Å². The van der Waals surface area contributed by atoms with Crippen molar-refractivity contribution in [1.29, 1.82) is 0 Å². The number of aromatic nitrogens is 1. The standard InChI is InChI=1S/C12H17N3O2/c1-15(7-8-3-2-4-8)11-9(13)5-6-10(14-11)12(16)17/h5-6,8H,2-4,7,13H2,1H3,(H,16,17). The van der Waals surface area contributed by atoms with Gasteiger partial charge in [0.25, 0.3) is 0 Å². The summed E-state index contributed by atoms with van der Waals surface area (Å²) in [6.07, 6.45) is 3.77. The molecule has 5 nitrogen and oxygen atoms in total. The average molecular weight is 235 g/mol. The van der Waals surface area contributed by atoms with Crippen molar-refractivity contribution >= 4 is 17.5 Å². The quantitative estimate of drug-likeness (QED) is 0.828. The van der Waals surface area contributed by atoms with Crippen molar-refractivity contribution in [1.82, 2.24) is 4.98 Å². The van der Waals surface area contributed by atoms with Crippen LogP contribution in [0.1, 0.15) is 29.8 Å². The lowest BCUT2D eigenvalue weighted by Crippen LogP contribution is -2.30. The average Bonchev–Trinajstić information content (AvgIpc) is 2.23. The number of carbonyl (C=O) groups is 1. The summed E-state index contributed by atoms with van der Waals surface area (Å²) < 4.78 is 0. The van der Waals surface area contributed by atoms with Gasteiger partial charge in [0.05, 0.1) is 5.69 Å². The highest BCUT2D eigenvalue weighted by molar-refractivity contribution is 5.86. The molecule has 0 amide bonds. The molecule has 0 radical (unpaired) electrons. The topological polar surface area (TPSA) is 79.5 Å². The molecule has 2 rings (SSSR count). The van der Waals surface area contributed by atoms with E-state index in [1.165, 1.54) is 25.3 Å². The summed E-state index contributed by atoms with van der Waals surface area (Å²) in [5.74, 6) is 0.231. The van der Waals surface area contributed by atoms with E-state index in [4.69, 9.17) is 10.8 Å². The summed E-state index contributed by atoms with van der Waals surface area (Å²) in [5.41, 5.74) is 6.39. The summed E-state index contributed by atoms with van der Waals surface area (Å²) in [4.78, 5) is 16.9. The summed E-state index contributed by atoms with van der Waals surface area (Å²) in [6.45, 7) is 0.889. The van der Waals surface area contributed by atoms with E-state index in [0.29, 0.717) is 17.4 Å². The third-order valence-electron chi connectivity index (χ3n) is 3.24. The van der Waals surface area contributed by atoms with E-state index in [2.05, 4.69) is 4.98 Å². The number of carboxylic acids is 1. The minimum atomic E-state index is -1.02. The maximum atomic E-state index is 10.9. The number of anilines is 2. The van der Waals surface area contributed by atoms with Crippen molar-refractivity contribution in [2.45, 2.75) is 19.3 Å². The molecule has 0 unspecified atom stereocenters. The molecule has 1 saturated carbocycles. The number of hydrogen-bond donors (Lipinski definition) is 2. The van der Waals surface area contributed by atoms with E-state index < -0.39 is 5.97 Å². The number of pyridine rings is 1. The molecule has 1 heterocycles. The third-order valence-corrected chi connectivity index (χ3v) is 3.24. The lowest BCUT2D eigenvalue weighted by molar-refractivity contribution is 0.0690. The molecule has 0 saturated heterocycles. The van der Waals surface area contributed by atoms with Crippen molar-refractivity contribution in [2.75, 3.05) is 24.2 Å². The highest BCUT2D eigenvalue weighted by atomic mass is 16.4. The molecule has 0 spiro atoms. The molecule has 0 bridgehead atoms. The van der Waals surface area contributed by atoms with Crippen molar-refractivity contribution in [3.8, 4) is 0 Å². The van der Waals surface area contributed by atoms with Gasteiger partial charge in [-0.3, -0.25) is 0 Å². The molecule has 1 aromatic heterocycles. The van der Waals surface area contributed by atoms with E-state index in [-0.39, 0.29) is 5.69 Å². The van der Waals surface area contributed by atoms with E-state index in [0.717, 1.165) is 6.54 Å². The van der Waals surface area contributed by atoms with Crippen molar-refractivity contribution < 1.29 is 9.90 Å². The van der Waals surface area contributed by atoms with Gasteiger partial charge in [0.2, 0.25) is 0 Å². The molecule has 5 heteroatoms. The SMILES string of the molecule is CN(CC1CCC1)c1nc(C(=O)O)ccc1N. The highest BCUT2D eigenvalue weighted by Gasteiger charge is 2.21. The van der Waals surface area contributed by atoms with Crippen LogP contribution in [0.25, 0.3) is 0 Å². The smallest absolute Gasteiger partial charge is 0.354 e. The van der Waals surface area contributed by atoms with Gasteiger partial charge in [-0.1, -0.05) is 6.42 Å². The third kappa shape index (κ3) is 2.49. The van der Waals surface area contributed by atoms with Crippen LogP contribution in [0.3, 0.4) is 0 Å². The zero-order valence-corrected chi connectivity index (χ0v) is 9.89. The van der Waals surface area contributed by atoms with Crippen LogP contribution >= 0.6 is 0 Å². The minimum Gasteiger partial charge on any atom is -0.477 e. The second kappa shape index (κ2) is 4.61. The number of carboxylic acid groups (broad SMARTS) is 1. The molecule has 1 fully saturated rings. The van der Waals surface area contributed by atoms with Gasteiger partial charge in [-0.15, -0.1) is 0 Å². The Kier molecular flexibility index (Phi) is 3.17. The molecule has 17 heavy (non-hydrogen) atoms. The molecule has 0 atom stereocenters. The molecular formula is C12H17N3O2. The Morgan fingerprint density at radius 3 is 2.82 bits per heavy atom. The van der Waals surface area contributed by atoms with E-state index in [1.54, 1.807) is 6.07 Å². The first-order chi connectivity index (χ1) is 8.08. The Morgan fingerprint density at radius 1 is 1.59 bits per heavy atom. The first-order valence-corrected chi connectivity index (χ1v) is 5.79. The Hall–Kier alpha value is -1.78. The number of nitrogens with two attached hydrogens (primary N) is 1. The molecule has 1 aliphatic carbocycles. The van der Waals surface area contributed by atoms with Crippen molar-refractivity contribution in [3.05, 3.63) is 17.8 Å². The molecule has 0 aliphatic heterocycles.